The van der Waals surface area contributed by atoms with Gasteiger partial charge in [-0.2, -0.15) is 0 Å². The molecule has 0 spiro atoms. The molecule has 0 atom stereocenters. The summed E-state index contributed by atoms with van der Waals surface area (Å²) in [5.41, 5.74) is 2.93. The second-order valence-electron chi connectivity index (χ2n) is 7.01. The van der Waals surface area contributed by atoms with Crippen LogP contribution in [-0.2, 0) is 16.5 Å². The molecule has 0 saturated heterocycles. The molecule has 2 rings (SSSR count). The van der Waals surface area contributed by atoms with E-state index in [2.05, 4.69) is 60.7 Å². The second kappa shape index (κ2) is 16.1. The Hall–Kier alpha value is -0.900. The van der Waals surface area contributed by atoms with Gasteiger partial charge >= 0.3 is 0 Å². The average molecular weight is 403 g/mol. The van der Waals surface area contributed by atoms with Gasteiger partial charge in [0.1, 0.15) is 0 Å². The van der Waals surface area contributed by atoms with E-state index >= 15 is 0 Å². The molecule has 0 aliphatic carbocycles. The zero-order valence-corrected chi connectivity index (χ0v) is 18.1. The molecule has 0 aromatic heterocycles. The van der Waals surface area contributed by atoms with Gasteiger partial charge in [0.25, 0.3) is 0 Å². The van der Waals surface area contributed by atoms with Gasteiger partial charge in [0, 0.05) is 35.6 Å². The van der Waals surface area contributed by atoms with E-state index in [9.17, 15) is 0 Å². The van der Waals surface area contributed by atoms with Crippen molar-refractivity contribution in [3.05, 3.63) is 71.8 Å². The van der Waals surface area contributed by atoms with Crippen LogP contribution in [0.1, 0.15) is 62.5 Å². The molecule has 0 heterocycles. The molecular weight excluding hydrogens is 368 g/mol. The van der Waals surface area contributed by atoms with Gasteiger partial charge in [0.05, 0.1) is 0 Å². The molecule has 0 saturated carbocycles. The maximum atomic E-state index is 5.62. The Labute approximate surface area is 175 Å². The number of aryl methyl sites for hydroxylation is 2. The minimum absolute atomic E-state index is 1.12. The first-order valence-electron chi connectivity index (χ1n) is 10.4. The molecule has 0 fully saturated rings. The molecule has 0 N–H and O–H groups in total. The lowest BCUT2D eigenvalue weighted by molar-refractivity contribution is 0.658. The molecule has 0 radical (unpaired) electrons. The van der Waals surface area contributed by atoms with Crippen LogP contribution in [0.3, 0.4) is 0 Å². The van der Waals surface area contributed by atoms with Crippen LogP contribution in [0, 0.1) is 0 Å². The first kappa shape index (κ1) is 22.4. The van der Waals surface area contributed by atoms with Crippen molar-refractivity contribution in [1.82, 2.24) is 0 Å². The van der Waals surface area contributed by atoms with Crippen molar-refractivity contribution in [1.29, 1.82) is 0 Å². The monoisotopic (exact) mass is 402 g/mol. The molecule has 148 valence electrons. The largest absolute Gasteiger partial charge is 0.247 e. The number of unbranched alkanes of at least 4 members (excludes halogenated alkanes) is 6. The van der Waals surface area contributed by atoms with E-state index in [-0.39, 0.29) is 0 Å². The van der Waals surface area contributed by atoms with Gasteiger partial charge in [-0.15, -0.1) is 0 Å². The lowest BCUT2D eigenvalue weighted by Gasteiger charge is -2.04. The summed E-state index contributed by atoms with van der Waals surface area (Å²) in [4.78, 5) is 0. The smallest absolute Gasteiger partial charge is 0.0210 e. The number of hydrogen-bond acceptors (Lipinski definition) is 3. The Morgan fingerprint density at radius 1 is 0.481 bits per heavy atom. The fourth-order valence-corrected chi connectivity index (χ4v) is 4.54. The summed E-state index contributed by atoms with van der Waals surface area (Å²) in [6, 6.07) is 21.6. The highest BCUT2D eigenvalue weighted by Crippen LogP contribution is 2.19. The van der Waals surface area contributed by atoms with Crippen LogP contribution in [0.2, 0.25) is 0 Å². The average Bonchev–Trinajstić information content (AvgIpc) is 2.72. The van der Waals surface area contributed by atoms with Gasteiger partial charge in [0.15, 0.2) is 0 Å². The van der Waals surface area contributed by atoms with Crippen LogP contribution in [0.5, 0.6) is 0 Å². The molecule has 0 bridgehead atoms. The Balaban J connectivity index is 1.26. The molecule has 0 amide bonds. The molecule has 1 nitrogen and oxygen atoms in total. The maximum absolute atomic E-state index is 5.62. The third-order valence-electron chi connectivity index (χ3n) is 4.67. The fourth-order valence-electron chi connectivity index (χ4n) is 3.08. The van der Waals surface area contributed by atoms with Gasteiger partial charge in [0.2, 0.25) is 0 Å². The van der Waals surface area contributed by atoms with Crippen LogP contribution >= 0.6 is 24.1 Å². The lowest BCUT2D eigenvalue weighted by Crippen LogP contribution is -1.87. The van der Waals surface area contributed by atoms with E-state index in [1.54, 1.807) is 24.1 Å². The van der Waals surface area contributed by atoms with Crippen molar-refractivity contribution >= 4 is 24.1 Å². The van der Waals surface area contributed by atoms with E-state index < -0.39 is 0 Å². The molecule has 2 aromatic rings. The quantitative estimate of drug-likeness (QED) is 0.208. The van der Waals surface area contributed by atoms with E-state index in [1.807, 2.05) is 0 Å². The topological polar surface area (TPSA) is 9.23 Å². The van der Waals surface area contributed by atoms with Crippen LogP contribution in [-0.4, -0.2) is 11.5 Å². The van der Waals surface area contributed by atoms with Crippen molar-refractivity contribution in [2.24, 2.45) is 0 Å². The SMILES string of the molecule is c1ccc(CCCCCCSOSCCCCCCc2ccccc2)cc1. The summed E-state index contributed by atoms with van der Waals surface area (Å²) in [5.74, 6) is 2.24. The number of benzene rings is 2. The van der Waals surface area contributed by atoms with Crippen molar-refractivity contribution in [2.45, 2.75) is 64.2 Å². The first-order valence-corrected chi connectivity index (χ1v) is 12.3. The number of hydrogen-bond donors (Lipinski definition) is 0. The van der Waals surface area contributed by atoms with Crippen LogP contribution < -0.4 is 0 Å². The van der Waals surface area contributed by atoms with Crippen LogP contribution in [0.25, 0.3) is 0 Å². The zero-order chi connectivity index (χ0) is 18.8. The van der Waals surface area contributed by atoms with Crippen molar-refractivity contribution in [3.8, 4) is 0 Å². The van der Waals surface area contributed by atoms with Crippen molar-refractivity contribution in [3.63, 3.8) is 0 Å². The highest BCUT2D eigenvalue weighted by molar-refractivity contribution is 8.07. The van der Waals surface area contributed by atoms with E-state index in [0.29, 0.717) is 0 Å². The highest BCUT2D eigenvalue weighted by atomic mass is 32.2. The summed E-state index contributed by atoms with van der Waals surface area (Å²) < 4.78 is 5.62. The molecule has 2 aromatic carbocycles. The van der Waals surface area contributed by atoms with Crippen molar-refractivity contribution < 1.29 is 3.63 Å². The van der Waals surface area contributed by atoms with Gasteiger partial charge in [-0.25, -0.2) is 3.63 Å². The third-order valence-corrected chi connectivity index (χ3v) is 6.35. The second-order valence-corrected chi connectivity index (χ2v) is 8.84. The minimum atomic E-state index is 1.12. The summed E-state index contributed by atoms with van der Waals surface area (Å²) >= 11 is 3.27. The summed E-state index contributed by atoms with van der Waals surface area (Å²) in [6.45, 7) is 0. The summed E-state index contributed by atoms with van der Waals surface area (Å²) in [7, 11) is 0. The molecule has 0 aliphatic heterocycles. The first-order chi connectivity index (χ1) is 13.4. The van der Waals surface area contributed by atoms with Crippen LogP contribution in [0.4, 0.5) is 0 Å². The number of rotatable bonds is 16. The van der Waals surface area contributed by atoms with Gasteiger partial charge in [-0.3, -0.25) is 0 Å². The predicted octanol–water partition coefficient (Wildman–Crippen LogP) is 7.91. The van der Waals surface area contributed by atoms with Gasteiger partial charge < -0.3 is 0 Å². The molecule has 0 aliphatic rings. The molecule has 0 unspecified atom stereocenters. The van der Waals surface area contributed by atoms with E-state index in [4.69, 9.17) is 3.63 Å². The maximum Gasteiger partial charge on any atom is 0.0210 e. The van der Waals surface area contributed by atoms with E-state index in [1.165, 1.54) is 75.3 Å². The zero-order valence-electron chi connectivity index (χ0n) is 16.5. The van der Waals surface area contributed by atoms with E-state index in [0.717, 1.165) is 11.5 Å². The Bertz CT molecular complexity index is 508. The molecule has 3 heteroatoms. The van der Waals surface area contributed by atoms with Crippen LogP contribution in [0.15, 0.2) is 60.7 Å². The normalized spacial score (nSPS) is 11.0. The highest BCUT2D eigenvalue weighted by Gasteiger charge is 1.97. The molecular formula is C24H34OS2. The standard InChI is InChI=1S/C24H34OS2/c1(7-15-23-17-9-5-10-18-23)3-13-21-26-25-27-22-14-4-2-8-16-24-19-11-6-12-20-24/h5-6,9-12,17-20H,1-4,7-8,13-16,21-22H2. The fraction of sp³-hybridized carbons (Fsp3) is 0.500. The minimum Gasteiger partial charge on any atom is -0.247 e. The molecule has 27 heavy (non-hydrogen) atoms. The summed E-state index contributed by atoms with van der Waals surface area (Å²) in [6.07, 6.45) is 12.8. The Morgan fingerprint density at radius 2 is 0.889 bits per heavy atom. The van der Waals surface area contributed by atoms with Gasteiger partial charge in [-0.1, -0.05) is 86.3 Å². The summed E-state index contributed by atoms with van der Waals surface area (Å²) in [5, 5.41) is 0. The predicted molar refractivity (Wildman–Crippen MR) is 123 cm³/mol. The Morgan fingerprint density at radius 3 is 1.33 bits per heavy atom. The van der Waals surface area contributed by atoms with Crippen molar-refractivity contribution in [2.75, 3.05) is 11.5 Å². The third kappa shape index (κ3) is 12.2. The Kier molecular flexibility index (Phi) is 13.3. The lowest BCUT2D eigenvalue weighted by atomic mass is 10.1. The van der Waals surface area contributed by atoms with Gasteiger partial charge in [-0.05, 0) is 49.7 Å².